The number of carbonyl (C=O) groups excluding carboxylic acids is 1. The Morgan fingerprint density at radius 2 is 2.25 bits per heavy atom. The molecule has 0 heterocycles. The molecule has 3 heteroatoms. The summed E-state index contributed by atoms with van der Waals surface area (Å²) in [5, 5.41) is 3.23. The van der Waals surface area contributed by atoms with Gasteiger partial charge in [-0.3, -0.25) is 4.79 Å². The summed E-state index contributed by atoms with van der Waals surface area (Å²) >= 11 is 0. The van der Waals surface area contributed by atoms with Crippen LogP contribution in [0.1, 0.15) is 29.7 Å². The topological polar surface area (TPSA) is 38.3 Å². The van der Waals surface area contributed by atoms with E-state index in [1.54, 1.807) is 0 Å². The average Bonchev–Trinajstić information content (AvgIpc) is 2.53. The van der Waals surface area contributed by atoms with Crippen molar-refractivity contribution in [3.05, 3.63) is 34.9 Å². The van der Waals surface area contributed by atoms with Crippen LogP contribution >= 0.6 is 0 Å². The van der Waals surface area contributed by atoms with Crippen LogP contribution in [0, 0.1) is 6.92 Å². The average molecular weight is 219 g/mol. The van der Waals surface area contributed by atoms with Gasteiger partial charge in [0.2, 0.25) is 0 Å². The number of hydrogen-bond acceptors (Lipinski definition) is 3. The first-order valence-corrected chi connectivity index (χ1v) is 5.55. The second-order valence-corrected chi connectivity index (χ2v) is 4.32. The van der Waals surface area contributed by atoms with E-state index in [1.807, 2.05) is 7.05 Å². The molecule has 0 fully saturated rings. The maximum Gasteiger partial charge on any atom is 0.302 e. The lowest BCUT2D eigenvalue weighted by atomic mass is 10.1. The van der Waals surface area contributed by atoms with Crippen molar-refractivity contribution in [2.75, 3.05) is 7.05 Å². The van der Waals surface area contributed by atoms with Crippen molar-refractivity contribution in [1.29, 1.82) is 0 Å². The third-order valence-corrected chi connectivity index (χ3v) is 3.06. The van der Waals surface area contributed by atoms with Crippen molar-refractivity contribution in [3.8, 4) is 0 Å². The molecule has 3 nitrogen and oxygen atoms in total. The number of rotatable bonds is 2. The molecule has 0 saturated carbocycles. The first kappa shape index (κ1) is 11.1. The zero-order chi connectivity index (χ0) is 11.7. The maximum absolute atomic E-state index is 11.0. The van der Waals surface area contributed by atoms with Crippen LogP contribution in [-0.4, -0.2) is 19.1 Å². The fourth-order valence-corrected chi connectivity index (χ4v) is 2.39. The Balaban J connectivity index is 2.29. The molecule has 1 aromatic rings. The Kier molecular flexibility index (Phi) is 2.97. The van der Waals surface area contributed by atoms with E-state index in [2.05, 4.69) is 30.4 Å². The van der Waals surface area contributed by atoms with Gasteiger partial charge in [-0.15, -0.1) is 0 Å². The van der Waals surface area contributed by atoms with Crippen LogP contribution in [0.2, 0.25) is 0 Å². The molecule has 0 saturated heterocycles. The van der Waals surface area contributed by atoms with Crippen molar-refractivity contribution in [3.63, 3.8) is 0 Å². The number of hydrogen-bond donors (Lipinski definition) is 1. The molecule has 2 atom stereocenters. The van der Waals surface area contributed by atoms with E-state index in [4.69, 9.17) is 4.74 Å². The predicted octanol–water partition coefficient (Wildman–Crippen LogP) is 1.74. The van der Waals surface area contributed by atoms with Gasteiger partial charge in [0.1, 0.15) is 6.10 Å². The Labute approximate surface area is 95.8 Å². The van der Waals surface area contributed by atoms with Crippen LogP contribution in [0.25, 0.3) is 0 Å². The van der Waals surface area contributed by atoms with Crippen LogP contribution in [0.4, 0.5) is 0 Å². The van der Waals surface area contributed by atoms with Crippen molar-refractivity contribution in [2.45, 2.75) is 32.4 Å². The van der Waals surface area contributed by atoms with E-state index >= 15 is 0 Å². The van der Waals surface area contributed by atoms with E-state index in [0.29, 0.717) is 0 Å². The monoisotopic (exact) mass is 219 g/mol. The number of likely N-dealkylation sites (N-methyl/N-ethyl adjacent to an activating group) is 1. The molecule has 0 unspecified atom stereocenters. The highest BCUT2D eigenvalue weighted by Gasteiger charge is 2.33. The zero-order valence-electron chi connectivity index (χ0n) is 9.91. The van der Waals surface area contributed by atoms with Gasteiger partial charge in [-0.2, -0.15) is 0 Å². The molecule has 1 N–H and O–H groups in total. The predicted molar refractivity (Wildman–Crippen MR) is 62.2 cm³/mol. The fraction of sp³-hybridized carbons (Fsp3) is 0.462. The number of benzene rings is 1. The summed E-state index contributed by atoms with van der Waals surface area (Å²) in [5.74, 6) is -0.213. The maximum atomic E-state index is 11.0. The molecule has 0 spiro atoms. The van der Waals surface area contributed by atoms with Gasteiger partial charge >= 0.3 is 5.97 Å². The molecule has 0 bridgehead atoms. The third kappa shape index (κ3) is 1.95. The van der Waals surface area contributed by atoms with Crippen LogP contribution in [0.15, 0.2) is 18.2 Å². The normalized spacial score (nSPS) is 22.9. The molecular formula is C13H17NO2. The summed E-state index contributed by atoms with van der Waals surface area (Å²) in [6.07, 6.45) is 0.736. The highest BCUT2D eigenvalue weighted by Crippen LogP contribution is 2.33. The largest absolute Gasteiger partial charge is 0.460 e. The Morgan fingerprint density at radius 1 is 1.50 bits per heavy atom. The van der Waals surface area contributed by atoms with Gasteiger partial charge in [0.25, 0.3) is 0 Å². The molecule has 0 aromatic heterocycles. The summed E-state index contributed by atoms with van der Waals surface area (Å²) < 4.78 is 5.34. The number of fused-ring (bicyclic) bond motifs is 1. The molecule has 2 rings (SSSR count). The lowest BCUT2D eigenvalue weighted by Crippen LogP contribution is -2.29. The van der Waals surface area contributed by atoms with Gasteiger partial charge in [0.05, 0.1) is 6.04 Å². The van der Waals surface area contributed by atoms with Gasteiger partial charge in [-0.25, -0.2) is 0 Å². The minimum absolute atomic E-state index is 0.0701. The minimum Gasteiger partial charge on any atom is -0.460 e. The first-order valence-electron chi connectivity index (χ1n) is 5.55. The molecule has 1 aliphatic carbocycles. The number of aryl methyl sites for hydroxylation is 1. The van der Waals surface area contributed by atoms with E-state index in [0.717, 1.165) is 6.42 Å². The highest BCUT2D eigenvalue weighted by atomic mass is 16.5. The molecule has 0 radical (unpaired) electrons. The lowest BCUT2D eigenvalue weighted by molar-refractivity contribution is -0.147. The van der Waals surface area contributed by atoms with E-state index in [1.165, 1.54) is 23.6 Å². The van der Waals surface area contributed by atoms with E-state index in [-0.39, 0.29) is 18.1 Å². The first-order chi connectivity index (χ1) is 7.61. The van der Waals surface area contributed by atoms with Crippen molar-refractivity contribution in [1.82, 2.24) is 5.32 Å². The van der Waals surface area contributed by atoms with Crippen LogP contribution in [0.5, 0.6) is 0 Å². The fourth-order valence-electron chi connectivity index (χ4n) is 2.39. The van der Waals surface area contributed by atoms with Crippen molar-refractivity contribution < 1.29 is 9.53 Å². The zero-order valence-corrected chi connectivity index (χ0v) is 9.91. The van der Waals surface area contributed by atoms with Crippen molar-refractivity contribution >= 4 is 5.97 Å². The number of ether oxygens (including phenoxy) is 1. The summed E-state index contributed by atoms with van der Waals surface area (Å²) in [4.78, 5) is 11.0. The van der Waals surface area contributed by atoms with E-state index in [9.17, 15) is 4.79 Å². The highest BCUT2D eigenvalue weighted by molar-refractivity contribution is 5.66. The van der Waals surface area contributed by atoms with Gasteiger partial charge in [0, 0.05) is 13.3 Å². The Bertz CT molecular complexity index is 414. The quantitative estimate of drug-likeness (QED) is 0.770. The van der Waals surface area contributed by atoms with E-state index < -0.39 is 0 Å². The van der Waals surface area contributed by atoms with Gasteiger partial charge in [-0.05, 0) is 25.1 Å². The summed E-state index contributed by atoms with van der Waals surface area (Å²) in [5.41, 5.74) is 3.77. The molecule has 16 heavy (non-hydrogen) atoms. The van der Waals surface area contributed by atoms with Gasteiger partial charge in [0.15, 0.2) is 0 Å². The third-order valence-electron chi connectivity index (χ3n) is 3.06. The van der Waals surface area contributed by atoms with Crippen LogP contribution in [0.3, 0.4) is 0 Å². The Morgan fingerprint density at radius 3 is 2.88 bits per heavy atom. The molecule has 86 valence electrons. The van der Waals surface area contributed by atoms with Crippen molar-refractivity contribution in [2.24, 2.45) is 0 Å². The second kappa shape index (κ2) is 4.26. The summed E-state index contributed by atoms with van der Waals surface area (Å²) in [6.45, 7) is 3.53. The van der Waals surface area contributed by atoms with Crippen LogP contribution in [-0.2, 0) is 16.0 Å². The number of esters is 1. The molecular weight excluding hydrogens is 202 g/mol. The van der Waals surface area contributed by atoms with Crippen LogP contribution < -0.4 is 5.32 Å². The smallest absolute Gasteiger partial charge is 0.302 e. The van der Waals surface area contributed by atoms with Gasteiger partial charge < -0.3 is 10.1 Å². The van der Waals surface area contributed by atoms with Gasteiger partial charge in [-0.1, -0.05) is 23.8 Å². The summed E-state index contributed by atoms with van der Waals surface area (Å²) in [7, 11) is 1.90. The Hall–Kier alpha value is -1.35. The molecule has 1 aliphatic rings. The number of carbonyl (C=O) groups is 1. The minimum atomic E-state index is -0.213. The molecule has 0 amide bonds. The number of nitrogens with one attached hydrogen (secondary N) is 1. The SMILES string of the molecule is CN[C@@H]1c2cc(C)ccc2C[C@H]1OC(C)=O. The molecule has 0 aliphatic heterocycles. The second-order valence-electron chi connectivity index (χ2n) is 4.32. The lowest BCUT2D eigenvalue weighted by Gasteiger charge is -2.19. The molecule has 1 aromatic carbocycles. The standard InChI is InChI=1S/C13H17NO2/c1-8-4-5-10-7-12(16-9(2)15)13(14-3)11(10)6-8/h4-6,12-14H,7H2,1-3H3/t12-,13-/m1/s1. The summed E-state index contributed by atoms with van der Waals surface area (Å²) in [6, 6.07) is 6.51.